The summed E-state index contributed by atoms with van der Waals surface area (Å²) in [5.74, 6) is -1.26. The molecule has 5 nitrogen and oxygen atoms in total. The van der Waals surface area contributed by atoms with E-state index in [0.717, 1.165) is 12.0 Å². The van der Waals surface area contributed by atoms with Crippen LogP contribution in [0, 0.1) is 6.92 Å². The number of rotatable bonds is 7. The zero-order valence-corrected chi connectivity index (χ0v) is 10.4. The zero-order valence-electron chi connectivity index (χ0n) is 10.4. The van der Waals surface area contributed by atoms with E-state index >= 15 is 0 Å². The van der Waals surface area contributed by atoms with Crippen molar-refractivity contribution in [1.82, 2.24) is 0 Å². The van der Waals surface area contributed by atoms with E-state index in [0.29, 0.717) is 24.2 Å². The van der Waals surface area contributed by atoms with Gasteiger partial charge in [-0.25, -0.2) is 0 Å². The summed E-state index contributed by atoms with van der Waals surface area (Å²) in [5, 5.41) is 11.6. The first-order valence-electron chi connectivity index (χ1n) is 5.87. The highest BCUT2D eigenvalue weighted by atomic mass is 16.4. The molecule has 0 aromatic heterocycles. The molecular weight excluding hydrogens is 232 g/mol. The van der Waals surface area contributed by atoms with Crippen molar-refractivity contribution >= 4 is 17.6 Å². The van der Waals surface area contributed by atoms with Crippen molar-refractivity contribution in [2.75, 3.05) is 11.9 Å². The number of carboxylic acid groups (broad SMARTS) is 1. The molecule has 5 heteroatoms. The molecule has 0 fully saturated rings. The summed E-state index contributed by atoms with van der Waals surface area (Å²) >= 11 is 0. The maximum atomic E-state index is 11.2. The predicted octanol–water partition coefficient (Wildman–Crippen LogP) is 1.76. The average molecular weight is 250 g/mol. The summed E-state index contributed by atoms with van der Waals surface area (Å²) in [5.41, 5.74) is 7.48. The molecule has 18 heavy (non-hydrogen) atoms. The van der Waals surface area contributed by atoms with Gasteiger partial charge in [0.25, 0.3) is 5.91 Å². The van der Waals surface area contributed by atoms with E-state index in [9.17, 15) is 9.59 Å². The van der Waals surface area contributed by atoms with Gasteiger partial charge in [0, 0.05) is 18.7 Å². The standard InChI is InChI=1S/C13H18N2O3/c1-9-5-6-10(13(14)18)11(8-9)15-7-3-2-4-12(16)17/h5-6,8,15H,2-4,7H2,1H3,(H2,14,18)(H,16,17). The lowest BCUT2D eigenvalue weighted by Gasteiger charge is -2.10. The van der Waals surface area contributed by atoms with Crippen molar-refractivity contribution < 1.29 is 14.7 Å². The Hall–Kier alpha value is -2.04. The number of carbonyl (C=O) groups is 2. The van der Waals surface area contributed by atoms with Crippen molar-refractivity contribution in [3.8, 4) is 0 Å². The third-order valence-electron chi connectivity index (χ3n) is 2.57. The molecule has 1 aromatic rings. The predicted molar refractivity (Wildman–Crippen MR) is 69.7 cm³/mol. The summed E-state index contributed by atoms with van der Waals surface area (Å²) in [6.45, 7) is 2.55. The summed E-state index contributed by atoms with van der Waals surface area (Å²) < 4.78 is 0. The first-order chi connectivity index (χ1) is 8.50. The minimum atomic E-state index is -0.789. The molecular formula is C13H18N2O3. The van der Waals surface area contributed by atoms with Crippen LogP contribution in [0.25, 0.3) is 0 Å². The van der Waals surface area contributed by atoms with Crippen LogP contribution in [0.2, 0.25) is 0 Å². The fraction of sp³-hybridized carbons (Fsp3) is 0.385. The fourth-order valence-corrected chi connectivity index (χ4v) is 1.64. The number of hydrogen-bond acceptors (Lipinski definition) is 3. The van der Waals surface area contributed by atoms with Gasteiger partial charge in [-0.05, 0) is 37.5 Å². The lowest BCUT2D eigenvalue weighted by molar-refractivity contribution is -0.137. The Morgan fingerprint density at radius 3 is 2.67 bits per heavy atom. The van der Waals surface area contributed by atoms with Crippen molar-refractivity contribution in [3.63, 3.8) is 0 Å². The van der Waals surface area contributed by atoms with Crippen LogP contribution in [0.4, 0.5) is 5.69 Å². The minimum Gasteiger partial charge on any atom is -0.481 e. The van der Waals surface area contributed by atoms with Gasteiger partial charge in [-0.15, -0.1) is 0 Å². The highest BCUT2D eigenvalue weighted by Gasteiger charge is 2.07. The molecule has 0 aliphatic heterocycles. The Morgan fingerprint density at radius 2 is 2.06 bits per heavy atom. The van der Waals surface area contributed by atoms with Crippen molar-refractivity contribution in [2.45, 2.75) is 26.2 Å². The Kier molecular flexibility index (Phi) is 5.17. The molecule has 0 radical (unpaired) electrons. The smallest absolute Gasteiger partial charge is 0.303 e. The van der Waals surface area contributed by atoms with E-state index in [4.69, 9.17) is 10.8 Å². The Morgan fingerprint density at radius 1 is 1.33 bits per heavy atom. The first-order valence-corrected chi connectivity index (χ1v) is 5.87. The number of aliphatic carboxylic acids is 1. The van der Waals surface area contributed by atoms with Gasteiger partial charge in [-0.3, -0.25) is 9.59 Å². The molecule has 0 saturated carbocycles. The monoisotopic (exact) mass is 250 g/mol. The van der Waals surface area contributed by atoms with E-state index in [-0.39, 0.29) is 6.42 Å². The van der Waals surface area contributed by atoms with Crippen LogP contribution < -0.4 is 11.1 Å². The third kappa shape index (κ3) is 4.45. The van der Waals surface area contributed by atoms with Gasteiger partial charge < -0.3 is 16.2 Å². The number of carbonyl (C=O) groups excluding carboxylic acids is 1. The molecule has 98 valence electrons. The molecule has 0 aliphatic rings. The normalized spacial score (nSPS) is 10.1. The van der Waals surface area contributed by atoms with E-state index in [1.54, 1.807) is 6.07 Å². The Balaban J connectivity index is 2.53. The molecule has 1 rings (SSSR count). The Bertz CT molecular complexity index is 444. The summed E-state index contributed by atoms with van der Waals surface area (Å²) in [6, 6.07) is 5.38. The van der Waals surface area contributed by atoms with Crippen LogP contribution in [-0.4, -0.2) is 23.5 Å². The van der Waals surface area contributed by atoms with Crippen LogP contribution in [0.5, 0.6) is 0 Å². The molecule has 0 aliphatic carbocycles. The quantitative estimate of drug-likeness (QED) is 0.643. The highest BCUT2D eigenvalue weighted by molar-refractivity contribution is 5.98. The summed E-state index contributed by atoms with van der Waals surface area (Å²) in [7, 11) is 0. The number of amides is 1. The second-order valence-electron chi connectivity index (χ2n) is 4.19. The number of nitrogens with one attached hydrogen (secondary N) is 1. The lowest BCUT2D eigenvalue weighted by Crippen LogP contribution is -2.15. The average Bonchev–Trinajstić information content (AvgIpc) is 2.27. The van der Waals surface area contributed by atoms with E-state index in [1.165, 1.54) is 0 Å². The number of anilines is 1. The van der Waals surface area contributed by atoms with Gasteiger partial charge in [0.05, 0.1) is 5.56 Å². The van der Waals surface area contributed by atoms with Gasteiger partial charge in [0.1, 0.15) is 0 Å². The molecule has 0 bridgehead atoms. The fourth-order valence-electron chi connectivity index (χ4n) is 1.64. The number of unbranched alkanes of at least 4 members (excludes halogenated alkanes) is 1. The number of primary amides is 1. The van der Waals surface area contributed by atoms with Crippen molar-refractivity contribution in [3.05, 3.63) is 29.3 Å². The van der Waals surface area contributed by atoms with Crippen LogP contribution in [0.1, 0.15) is 35.2 Å². The molecule has 1 amide bonds. The number of hydrogen-bond donors (Lipinski definition) is 3. The van der Waals surface area contributed by atoms with Gasteiger partial charge in [-0.2, -0.15) is 0 Å². The van der Waals surface area contributed by atoms with Gasteiger partial charge in [-0.1, -0.05) is 6.07 Å². The van der Waals surface area contributed by atoms with Crippen LogP contribution >= 0.6 is 0 Å². The SMILES string of the molecule is Cc1ccc(C(N)=O)c(NCCCCC(=O)O)c1. The topological polar surface area (TPSA) is 92.4 Å². The van der Waals surface area contributed by atoms with E-state index in [1.807, 2.05) is 19.1 Å². The second kappa shape index (κ2) is 6.64. The van der Waals surface area contributed by atoms with Gasteiger partial charge >= 0.3 is 5.97 Å². The molecule has 0 atom stereocenters. The number of carboxylic acids is 1. The second-order valence-corrected chi connectivity index (χ2v) is 4.19. The molecule has 0 spiro atoms. The maximum Gasteiger partial charge on any atom is 0.303 e. The van der Waals surface area contributed by atoms with Crippen LogP contribution in [0.15, 0.2) is 18.2 Å². The van der Waals surface area contributed by atoms with Gasteiger partial charge in [0.2, 0.25) is 0 Å². The molecule has 0 saturated heterocycles. The van der Waals surface area contributed by atoms with Crippen molar-refractivity contribution in [2.24, 2.45) is 5.73 Å². The molecule has 1 aromatic carbocycles. The zero-order chi connectivity index (χ0) is 13.5. The largest absolute Gasteiger partial charge is 0.481 e. The van der Waals surface area contributed by atoms with E-state index in [2.05, 4.69) is 5.32 Å². The minimum absolute atomic E-state index is 0.165. The maximum absolute atomic E-state index is 11.2. The van der Waals surface area contributed by atoms with Crippen molar-refractivity contribution in [1.29, 1.82) is 0 Å². The molecule has 0 heterocycles. The highest BCUT2D eigenvalue weighted by Crippen LogP contribution is 2.17. The number of aryl methyl sites for hydroxylation is 1. The molecule has 0 unspecified atom stereocenters. The molecule has 4 N–H and O–H groups in total. The van der Waals surface area contributed by atoms with Crippen LogP contribution in [0.3, 0.4) is 0 Å². The summed E-state index contributed by atoms with van der Waals surface area (Å²) in [4.78, 5) is 21.6. The summed E-state index contributed by atoms with van der Waals surface area (Å²) in [6.07, 6.45) is 1.51. The third-order valence-corrected chi connectivity index (χ3v) is 2.57. The number of nitrogens with two attached hydrogens (primary N) is 1. The number of benzene rings is 1. The van der Waals surface area contributed by atoms with Crippen LogP contribution in [-0.2, 0) is 4.79 Å². The van der Waals surface area contributed by atoms with E-state index < -0.39 is 11.9 Å². The lowest BCUT2D eigenvalue weighted by atomic mass is 10.1. The first kappa shape index (κ1) is 14.0. The van der Waals surface area contributed by atoms with Gasteiger partial charge in [0.15, 0.2) is 0 Å². The Labute approximate surface area is 106 Å².